The zero-order valence-electron chi connectivity index (χ0n) is 12.5. The summed E-state index contributed by atoms with van der Waals surface area (Å²) in [6.45, 7) is 4.40. The maximum absolute atomic E-state index is 12.1. The molecule has 5 nitrogen and oxygen atoms in total. The van der Waals surface area contributed by atoms with E-state index in [4.69, 9.17) is 9.84 Å². The second-order valence-electron chi connectivity index (χ2n) is 5.72. The van der Waals surface area contributed by atoms with Crippen molar-refractivity contribution in [1.82, 2.24) is 4.90 Å². The quantitative estimate of drug-likeness (QED) is 0.900. The lowest BCUT2D eigenvalue weighted by Crippen LogP contribution is -2.37. The molecule has 1 heterocycles. The van der Waals surface area contributed by atoms with E-state index in [-0.39, 0.29) is 19.1 Å². The van der Waals surface area contributed by atoms with Crippen LogP contribution in [0.3, 0.4) is 0 Å². The number of carbonyl (C=O) groups is 2. The standard InChI is InChI=1S/C16H21NO4/c1-3-12-5-4-6-13(9-12)21-10-14(18)17-8-7-16(2,11-17)15(19)20/h4-6,9H,3,7-8,10-11H2,1-2H3,(H,19,20). The number of hydrogen-bond donors (Lipinski definition) is 1. The van der Waals surface area contributed by atoms with Crippen LogP contribution < -0.4 is 4.74 Å². The van der Waals surface area contributed by atoms with Crippen LogP contribution in [0.5, 0.6) is 5.75 Å². The molecule has 1 unspecified atom stereocenters. The topological polar surface area (TPSA) is 66.8 Å². The first-order valence-corrected chi connectivity index (χ1v) is 7.17. The number of rotatable bonds is 5. The molecule has 1 amide bonds. The van der Waals surface area contributed by atoms with Crippen molar-refractivity contribution in [3.8, 4) is 5.75 Å². The number of amides is 1. The molecule has 0 aliphatic carbocycles. The first-order chi connectivity index (χ1) is 9.94. The average Bonchev–Trinajstić information content (AvgIpc) is 2.89. The molecule has 5 heteroatoms. The third kappa shape index (κ3) is 3.54. The van der Waals surface area contributed by atoms with Gasteiger partial charge in [0.15, 0.2) is 6.61 Å². The Balaban J connectivity index is 1.89. The fourth-order valence-electron chi connectivity index (χ4n) is 2.44. The van der Waals surface area contributed by atoms with Gasteiger partial charge in [0.2, 0.25) is 0 Å². The van der Waals surface area contributed by atoms with Crippen molar-refractivity contribution in [3.63, 3.8) is 0 Å². The maximum atomic E-state index is 12.1. The predicted molar refractivity (Wildman–Crippen MR) is 78.3 cm³/mol. The van der Waals surface area contributed by atoms with Gasteiger partial charge in [0.05, 0.1) is 5.41 Å². The molecule has 0 radical (unpaired) electrons. The van der Waals surface area contributed by atoms with Crippen LogP contribution in [-0.2, 0) is 16.0 Å². The van der Waals surface area contributed by atoms with Crippen molar-refractivity contribution in [2.45, 2.75) is 26.7 Å². The van der Waals surface area contributed by atoms with Gasteiger partial charge in [-0.25, -0.2) is 0 Å². The molecule has 1 N–H and O–H groups in total. The summed E-state index contributed by atoms with van der Waals surface area (Å²) in [6.07, 6.45) is 1.40. The SMILES string of the molecule is CCc1cccc(OCC(=O)N2CCC(C)(C(=O)O)C2)c1. The Morgan fingerprint density at radius 3 is 2.81 bits per heavy atom. The summed E-state index contributed by atoms with van der Waals surface area (Å²) in [7, 11) is 0. The lowest BCUT2D eigenvalue weighted by molar-refractivity contribution is -0.147. The van der Waals surface area contributed by atoms with Gasteiger partial charge < -0.3 is 14.7 Å². The number of aliphatic carboxylic acids is 1. The van der Waals surface area contributed by atoms with Crippen molar-refractivity contribution in [2.24, 2.45) is 5.41 Å². The lowest BCUT2D eigenvalue weighted by Gasteiger charge is -2.20. The third-order valence-electron chi connectivity index (χ3n) is 4.01. The Kier molecular flexibility index (Phi) is 4.50. The van der Waals surface area contributed by atoms with Crippen LogP contribution >= 0.6 is 0 Å². The molecule has 1 saturated heterocycles. The highest BCUT2D eigenvalue weighted by atomic mass is 16.5. The number of carbonyl (C=O) groups excluding carboxylic acids is 1. The molecule has 0 saturated carbocycles. The van der Waals surface area contributed by atoms with Gasteiger partial charge in [-0.3, -0.25) is 9.59 Å². The highest BCUT2D eigenvalue weighted by Crippen LogP contribution is 2.30. The minimum atomic E-state index is -0.852. The van der Waals surface area contributed by atoms with Gasteiger partial charge in [0.1, 0.15) is 5.75 Å². The van der Waals surface area contributed by atoms with Crippen LogP contribution in [0.25, 0.3) is 0 Å². The first-order valence-electron chi connectivity index (χ1n) is 7.17. The molecule has 0 bridgehead atoms. The van der Waals surface area contributed by atoms with E-state index < -0.39 is 11.4 Å². The van der Waals surface area contributed by atoms with Gasteiger partial charge in [0.25, 0.3) is 5.91 Å². The summed E-state index contributed by atoms with van der Waals surface area (Å²) in [5, 5.41) is 9.17. The molecule has 114 valence electrons. The van der Waals surface area contributed by atoms with Crippen molar-refractivity contribution in [3.05, 3.63) is 29.8 Å². The molecule has 0 aromatic heterocycles. The zero-order valence-corrected chi connectivity index (χ0v) is 12.5. The fraction of sp³-hybridized carbons (Fsp3) is 0.500. The largest absolute Gasteiger partial charge is 0.484 e. The van der Waals surface area contributed by atoms with Crippen LogP contribution in [0.4, 0.5) is 0 Å². The molecule has 1 atom stereocenters. The van der Waals surface area contributed by atoms with Crippen LogP contribution in [0.1, 0.15) is 25.8 Å². The molecule has 0 spiro atoms. The van der Waals surface area contributed by atoms with Gasteiger partial charge in [-0.05, 0) is 37.5 Å². The number of carboxylic acids is 1. The van der Waals surface area contributed by atoms with Crippen molar-refractivity contribution >= 4 is 11.9 Å². The predicted octanol–water partition coefficient (Wildman–Crippen LogP) is 1.95. The number of ether oxygens (including phenoxy) is 1. The van der Waals surface area contributed by atoms with Crippen LogP contribution in [0, 0.1) is 5.41 Å². The van der Waals surface area contributed by atoms with Gasteiger partial charge in [0, 0.05) is 13.1 Å². The highest BCUT2D eigenvalue weighted by Gasteiger charge is 2.42. The van der Waals surface area contributed by atoms with Gasteiger partial charge in [-0.15, -0.1) is 0 Å². The Bertz CT molecular complexity index is 543. The molecule has 1 aliphatic rings. The smallest absolute Gasteiger partial charge is 0.311 e. The van der Waals surface area contributed by atoms with Crippen molar-refractivity contribution in [2.75, 3.05) is 19.7 Å². The van der Waals surface area contributed by atoms with Gasteiger partial charge in [-0.1, -0.05) is 19.1 Å². The van der Waals surface area contributed by atoms with E-state index in [1.807, 2.05) is 24.3 Å². The number of carboxylic acid groups (broad SMARTS) is 1. The Morgan fingerprint density at radius 1 is 1.43 bits per heavy atom. The monoisotopic (exact) mass is 291 g/mol. The van der Waals surface area contributed by atoms with Crippen molar-refractivity contribution in [1.29, 1.82) is 0 Å². The Labute approximate surface area is 124 Å². The van der Waals surface area contributed by atoms with E-state index in [2.05, 4.69) is 6.92 Å². The summed E-state index contributed by atoms with van der Waals surface area (Å²) in [6, 6.07) is 7.64. The van der Waals surface area contributed by atoms with Crippen LogP contribution in [0.2, 0.25) is 0 Å². The van der Waals surface area contributed by atoms with E-state index in [0.29, 0.717) is 18.7 Å². The average molecular weight is 291 g/mol. The summed E-state index contributed by atoms with van der Waals surface area (Å²) in [5.74, 6) is -0.348. The van der Waals surface area contributed by atoms with E-state index in [1.165, 1.54) is 0 Å². The number of likely N-dealkylation sites (tertiary alicyclic amines) is 1. The Morgan fingerprint density at radius 2 is 2.19 bits per heavy atom. The molecule has 21 heavy (non-hydrogen) atoms. The molecule has 1 aliphatic heterocycles. The molecular weight excluding hydrogens is 270 g/mol. The number of hydrogen-bond acceptors (Lipinski definition) is 3. The molecule has 1 aromatic carbocycles. The molecular formula is C16H21NO4. The summed E-state index contributed by atoms with van der Waals surface area (Å²) in [4.78, 5) is 24.8. The Hall–Kier alpha value is -2.04. The van der Waals surface area contributed by atoms with E-state index in [9.17, 15) is 9.59 Å². The van der Waals surface area contributed by atoms with Gasteiger partial charge >= 0.3 is 5.97 Å². The second kappa shape index (κ2) is 6.16. The maximum Gasteiger partial charge on any atom is 0.311 e. The summed E-state index contributed by atoms with van der Waals surface area (Å²) < 4.78 is 5.51. The number of benzene rings is 1. The lowest BCUT2D eigenvalue weighted by atomic mass is 9.90. The number of nitrogens with zero attached hydrogens (tertiary/aromatic N) is 1. The highest BCUT2D eigenvalue weighted by molar-refractivity contribution is 5.81. The number of aryl methyl sites for hydroxylation is 1. The minimum absolute atomic E-state index is 0.0527. The molecule has 2 rings (SSSR count). The third-order valence-corrected chi connectivity index (χ3v) is 4.01. The summed E-state index contributed by atoms with van der Waals surface area (Å²) in [5.41, 5.74) is 0.317. The normalized spacial score (nSPS) is 21.3. The molecule has 1 aromatic rings. The molecule has 1 fully saturated rings. The second-order valence-corrected chi connectivity index (χ2v) is 5.72. The van der Waals surface area contributed by atoms with E-state index in [1.54, 1.807) is 11.8 Å². The van der Waals surface area contributed by atoms with E-state index >= 15 is 0 Å². The summed E-state index contributed by atoms with van der Waals surface area (Å²) >= 11 is 0. The zero-order chi connectivity index (χ0) is 15.5. The van der Waals surface area contributed by atoms with E-state index in [0.717, 1.165) is 12.0 Å². The van der Waals surface area contributed by atoms with Crippen LogP contribution in [-0.4, -0.2) is 41.6 Å². The van der Waals surface area contributed by atoms with Crippen LogP contribution in [0.15, 0.2) is 24.3 Å². The first kappa shape index (κ1) is 15.4. The van der Waals surface area contributed by atoms with Crippen molar-refractivity contribution < 1.29 is 19.4 Å². The minimum Gasteiger partial charge on any atom is -0.484 e. The fourth-order valence-corrected chi connectivity index (χ4v) is 2.44. The van der Waals surface area contributed by atoms with Gasteiger partial charge in [-0.2, -0.15) is 0 Å².